The van der Waals surface area contributed by atoms with E-state index in [1.54, 1.807) is 29.2 Å². The predicted molar refractivity (Wildman–Crippen MR) is 138 cm³/mol. The van der Waals surface area contributed by atoms with Gasteiger partial charge in [-0.1, -0.05) is 11.2 Å². The summed E-state index contributed by atoms with van der Waals surface area (Å²) < 4.78 is 58.8. The summed E-state index contributed by atoms with van der Waals surface area (Å²) in [4.78, 5) is 20.0. The van der Waals surface area contributed by atoms with Crippen molar-refractivity contribution in [3.05, 3.63) is 36.0 Å². The summed E-state index contributed by atoms with van der Waals surface area (Å²) in [5.74, 6) is -1.18. The second-order valence-corrected chi connectivity index (χ2v) is 14.0. The SMILES string of the molecule is CS(=O)(=O)Nc1cccc(N(CC23CCC(c4nc(C5CC5)no4)(CC2)CC3)C(=O)CC2CC(F)(F)C2)c1. The first kappa shape index (κ1) is 25.7. The number of benzene rings is 1. The number of fused-ring (bicyclic) bond motifs is 3. The Morgan fingerprint density at radius 1 is 1.13 bits per heavy atom. The Balaban J connectivity index is 1.21. The molecule has 1 heterocycles. The van der Waals surface area contributed by atoms with Gasteiger partial charge in [-0.05, 0) is 80.9 Å². The lowest BCUT2D eigenvalue weighted by Gasteiger charge is -2.53. The standard InChI is InChI=1S/C27H34F2N4O4S/c1-38(35,36)32-20-3-2-4-21(14-20)33(22(34)13-18-15-27(28,29)16-18)17-25-7-10-26(11-8-25,12-9-25)24-30-23(31-37-24)19-5-6-19/h2-4,14,18-19,32H,5-13,15-17H2,1H3. The molecule has 0 spiro atoms. The zero-order valence-electron chi connectivity index (χ0n) is 21.6. The Kier molecular flexibility index (Phi) is 6.08. The largest absolute Gasteiger partial charge is 0.339 e. The highest BCUT2D eigenvalue weighted by atomic mass is 32.2. The monoisotopic (exact) mass is 548 g/mol. The molecule has 0 atom stereocenters. The summed E-state index contributed by atoms with van der Waals surface area (Å²) in [6, 6.07) is 6.77. The molecule has 0 radical (unpaired) electrons. The van der Waals surface area contributed by atoms with E-state index in [1.807, 2.05) is 0 Å². The highest BCUT2D eigenvalue weighted by Gasteiger charge is 2.53. The van der Waals surface area contributed by atoms with Crippen LogP contribution in [0.15, 0.2) is 28.8 Å². The summed E-state index contributed by atoms with van der Waals surface area (Å²) >= 11 is 0. The fraction of sp³-hybridized carbons (Fsp3) is 0.667. The van der Waals surface area contributed by atoms with Gasteiger partial charge in [-0.25, -0.2) is 17.2 Å². The van der Waals surface area contributed by atoms with Crippen LogP contribution in [0, 0.1) is 11.3 Å². The quantitative estimate of drug-likeness (QED) is 0.451. The van der Waals surface area contributed by atoms with Gasteiger partial charge in [-0.15, -0.1) is 0 Å². The molecule has 5 saturated carbocycles. The maximum absolute atomic E-state index is 13.6. The van der Waals surface area contributed by atoms with Crippen LogP contribution >= 0.6 is 0 Å². The van der Waals surface area contributed by atoms with E-state index in [-0.39, 0.29) is 41.9 Å². The number of carbonyl (C=O) groups excluding carboxylic acids is 1. The lowest BCUT2D eigenvalue weighted by Crippen LogP contribution is -2.51. The lowest BCUT2D eigenvalue weighted by atomic mass is 9.53. The summed E-state index contributed by atoms with van der Waals surface area (Å²) in [5.41, 5.74) is 0.746. The van der Waals surface area contributed by atoms with E-state index < -0.39 is 15.9 Å². The number of nitrogens with one attached hydrogen (secondary N) is 1. The predicted octanol–water partition coefficient (Wildman–Crippen LogP) is 5.38. The van der Waals surface area contributed by atoms with Crippen LogP contribution in [0.5, 0.6) is 0 Å². The number of amides is 1. The van der Waals surface area contributed by atoms with Crippen molar-refractivity contribution in [3.8, 4) is 0 Å². The number of hydrogen-bond donors (Lipinski definition) is 1. The van der Waals surface area contributed by atoms with Crippen molar-refractivity contribution in [2.24, 2.45) is 11.3 Å². The Bertz CT molecular complexity index is 1310. The van der Waals surface area contributed by atoms with Crippen molar-refractivity contribution >= 4 is 27.3 Å². The number of hydrogen-bond acceptors (Lipinski definition) is 6. The third-order valence-corrected chi connectivity index (χ3v) is 9.74. The summed E-state index contributed by atoms with van der Waals surface area (Å²) in [6.45, 7) is 0.477. The smallest absolute Gasteiger partial charge is 0.248 e. The highest BCUT2D eigenvalue weighted by molar-refractivity contribution is 7.92. The van der Waals surface area contributed by atoms with E-state index in [4.69, 9.17) is 9.51 Å². The summed E-state index contributed by atoms with van der Waals surface area (Å²) in [5, 5.41) is 4.24. The summed E-state index contributed by atoms with van der Waals surface area (Å²) in [7, 11) is -3.49. The van der Waals surface area contributed by atoms with E-state index >= 15 is 0 Å². The number of anilines is 2. The van der Waals surface area contributed by atoms with E-state index in [9.17, 15) is 22.0 Å². The average Bonchev–Trinajstić information content (AvgIpc) is 3.57. The number of halogens is 2. The second kappa shape index (κ2) is 8.99. The van der Waals surface area contributed by atoms with Gasteiger partial charge in [0.2, 0.25) is 27.7 Å². The molecular formula is C27H34F2N4O4S. The number of nitrogens with zero attached hydrogens (tertiary/aromatic N) is 3. The molecule has 7 rings (SSSR count). The molecule has 0 unspecified atom stereocenters. The first-order chi connectivity index (χ1) is 17.9. The first-order valence-corrected chi connectivity index (χ1v) is 15.4. The van der Waals surface area contributed by atoms with Gasteiger partial charge in [0, 0.05) is 42.8 Å². The van der Waals surface area contributed by atoms with Crippen LogP contribution in [-0.4, -0.2) is 43.2 Å². The number of rotatable bonds is 9. The zero-order chi connectivity index (χ0) is 26.8. The maximum atomic E-state index is 13.6. The molecule has 5 aliphatic carbocycles. The van der Waals surface area contributed by atoms with Crippen LogP contribution in [0.1, 0.15) is 88.3 Å². The lowest BCUT2D eigenvalue weighted by molar-refractivity contribution is -0.132. The van der Waals surface area contributed by atoms with Crippen molar-refractivity contribution in [2.75, 3.05) is 22.4 Å². The Morgan fingerprint density at radius 3 is 2.42 bits per heavy atom. The van der Waals surface area contributed by atoms with E-state index in [2.05, 4.69) is 9.88 Å². The Hall–Kier alpha value is -2.56. The first-order valence-electron chi connectivity index (χ1n) is 13.5. The van der Waals surface area contributed by atoms with Gasteiger partial charge in [-0.2, -0.15) is 4.98 Å². The van der Waals surface area contributed by atoms with Gasteiger partial charge in [0.25, 0.3) is 0 Å². The van der Waals surface area contributed by atoms with Crippen LogP contribution in [0.2, 0.25) is 0 Å². The zero-order valence-corrected chi connectivity index (χ0v) is 22.4. The normalized spacial score (nSPS) is 28.6. The number of aromatic nitrogens is 2. The molecule has 206 valence electrons. The molecule has 38 heavy (non-hydrogen) atoms. The molecule has 5 fully saturated rings. The van der Waals surface area contributed by atoms with Gasteiger partial charge in [0.05, 0.1) is 11.9 Å². The van der Waals surface area contributed by atoms with Crippen LogP contribution in [-0.2, 0) is 20.2 Å². The molecule has 5 aliphatic rings. The average molecular weight is 549 g/mol. The molecule has 2 bridgehead atoms. The topological polar surface area (TPSA) is 105 Å². The van der Waals surface area contributed by atoms with E-state index in [0.29, 0.717) is 23.8 Å². The van der Waals surface area contributed by atoms with Crippen molar-refractivity contribution in [1.82, 2.24) is 10.1 Å². The van der Waals surface area contributed by atoms with Crippen LogP contribution in [0.25, 0.3) is 0 Å². The van der Waals surface area contributed by atoms with Crippen LogP contribution < -0.4 is 9.62 Å². The molecule has 1 aromatic carbocycles. The second-order valence-electron chi connectivity index (χ2n) is 12.3. The van der Waals surface area contributed by atoms with Crippen LogP contribution in [0.4, 0.5) is 20.2 Å². The third-order valence-electron chi connectivity index (χ3n) is 9.13. The van der Waals surface area contributed by atoms with Gasteiger partial charge in [0.1, 0.15) is 0 Å². The van der Waals surface area contributed by atoms with Gasteiger partial charge in [-0.3, -0.25) is 9.52 Å². The minimum absolute atomic E-state index is 0.0608. The van der Waals surface area contributed by atoms with Crippen molar-refractivity contribution in [2.45, 2.75) is 87.9 Å². The van der Waals surface area contributed by atoms with E-state index in [1.165, 1.54) is 0 Å². The Morgan fingerprint density at radius 2 is 1.82 bits per heavy atom. The van der Waals surface area contributed by atoms with Gasteiger partial charge in [0.15, 0.2) is 5.82 Å². The third kappa shape index (κ3) is 5.18. The molecule has 1 amide bonds. The molecule has 2 aromatic rings. The van der Waals surface area contributed by atoms with Crippen LogP contribution in [0.3, 0.4) is 0 Å². The molecule has 1 N–H and O–H groups in total. The molecule has 0 saturated heterocycles. The van der Waals surface area contributed by atoms with Gasteiger partial charge < -0.3 is 9.42 Å². The Labute approximate surface area is 221 Å². The fourth-order valence-electron chi connectivity index (χ4n) is 6.68. The fourth-order valence-corrected chi connectivity index (χ4v) is 7.23. The highest BCUT2D eigenvalue weighted by Crippen LogP contribution is 2.58. The maximum Gasteiger partial charge on any atom is 0.248 e. The van der Waals surface area contributed by atoms with Crippen molar-refractivity contribution in [3.63, 3.8) is 0 Å². The summed E-state index contributed by atoms with van der Waals surface area (Å²) in [6.07, 6.45) is 8.30. The minimum Gasteiger partial charge on any atom is -0.339 e. The molecule has 8 nitrogen and oxygen atoms in total. The van der Waals surface area contributed by atoms with Crippen molar-refractivity contribution < 1.29 is 26.5 Å². The number of carbonyl (C=O) groups is 1. The van der Waals surface area contributed by atoms with E-state index in [0.717, 1.165) is 69.3 Å². The molecule has 11 heteroatoms. The van der Waals surface area contributed by atoms with Crippen molar-refractivity contribution in [1.29, 1.82) is 0 Å². The molecular weight excluding hydrogens is 514 g/mol. The minimum atomic E-state index is -3.49. The van der Waals surface area contributed by atoms with Gasteiger partial charge >= 0.3 is 0 Å². The molecule has 1 aromatic heterocycles. The number of sulfonamides is 1. The molecule has 0 aliphatic heterocycles. The number of alkyl halides is 2.